The molecule has 3 aromatic heterocycles. The molecule has 12 heavy (non-hydrogen) atoms. The van der Waals surface area contributed by atoms with Gasteiger partial charge in [0.1, 0.15) is 0 Å². The number of pyridine rings is 1. The van der Waals surface area contributed by atoms with E-state index in [-0.39, 0.29) is 0 Å². The van der Waals surface area contributed by atoms with Gasteiger partial charge in [-0.2, -0.15) is 11.3 Å². The average Bonchev–Trinajstić information content (AvgIpc) is 2.71. The van der Waals surface area contributed by atoms with E-state index in [9.17, 15) is 0 Å². The van der Waals surface area contributed by atoms with Gasteiger partial charge in [-0.15, -0.1) is 11.3 Å². The van der Waals surface area contributed by atoms with Crippen LogP contribution in [0.5, 0.6) is 0 Å². The summed E-state index contributed by atoms with van der Waals surface area (Å²) in [4.78, 5) is 4.36. The Morgan fingerprint density at radius 1 is 0.917 bits per heavy atom. The summed E-state index contributed by atoms with van der Waals surface area (Å²) in [5.74, 6) is 0. The Labute approximate surface area is 77.3 Å². The zero-order valence-corrected chi connectivity index (χ0v) is 7.78. The molecule has 0 saturated carbocycles. The van der Waals surface area contributed by atoms with E-state index in [1.807, 2.05) is 6.20 Å². The van der Waals surface area contributed by atoms with Crippen molar-refractivity contribution in [1.29, 1.82) is 0 Å². The molecule has 0 fully saturated rings. The van der Waals surface area contributed by atoms with Crippen molar-refractivity contribution in [3.63, 3.8) is 0 Å². The lowest BCUT2D eigenvalue weighted by molar-refractivity contribution is 1.47. The lowest BCUT2D eigenvalue weighted by Gasteiger charge is -1.90. The molecule has 0 aliphatic heterocycles. The number of nitrogens with zero attached hydrogens (tertiary/aromatic N) is 1. The molecule has 1 nitrogen and oxygen atoms in total. The van der Waals surface area contributed by atoms with E-state index in [4.69, 9.17) is 0 Å². The van der Waals surface area contributed by atoms with Crippen LogP contribution in [-0.4, -0.2) is 4.98 Å². The summed E-state index contributed by atoms with van der Waals surface area (Å²) < 4.78 is 0. The third-order valence-electron chi connectivity index (χ3n) is 1.97. The molecule has 3 heteroatoms. The van der Waals surface area contributed by atoms with Crippen molar-refractivity contribution < 1.29 is 0 Å². The maximum Gasteiger partial charge on any atom is 0.0815 e. The fourth-order valence-corrected chi connectivity index (χ4v) is 2.93. The van der Waals surface area contributed by atoms with Crippen LogP contribution >= 0.6 is 22.7 Å². The van der Waals surface area contributed by atoms with Crippen LogP contribution < -0.4 is 0 Å². The third kappa shape index (κ3) is 0.750. The van der Waals surface area contributed by atoms with Crippen molar-refractivity contribution in [1.82, 2.24) is 4.98 Å². The minimum Gasteiger partial charge on any atom is -0.255 e. The van der Waals surface area contributed by atoms with Gasteiger partial charge in [-0.3, -0.25) is 4.98 Å². The van der Waals surface area contributed by atoms with Crippen LogP contribution in [0, 0.1) is 0 Å². The van der Waals surface area contributed by atoms with E-state index in [0.717, 1.165) is 5.52 Å². The molecule has 58 valence electrons. The zero-order chi connectivity index (χ0) is 7.97. The molecular weight excluding hydrogens is 186 g/mol. The molecule has 0 bridgehead atoms. The monoisotopic (exact) mass is 191 g/mol. The fraction of sp³-hybridized carbons (Fsp3) is 0. The van der Waals surface area contributed by atoms with Crippen molar-refractivity contribution in [3.8, 4) is 0 Å². The maximum absolute atomic E-state index is 4.36. The Morgan fingerprint density at radius 2 is 1.75 bits per heavy atom. The summed E-state index contributed by atoms with van der Waals surface area (Å²) in [6.45, 7) is 0. The predicted molar refractivity (Wildman–Crippen MR) is 55.0 cm³/mol. The Balaban J connectivity index is 2.71. The first-order valence-corrected chi connectivity index (χ1v) is 5.50. The highest BCUT2D eigenvalue weighted by Crippen LogP contribution is 2.28. The summed E-state index contributed by atoms with van der Waals surface area (Å²) in [6.07, 6.45) is 1.95. The average molecular weight is 191 g/mol. The number of rotatable bonds is 0. The van der Waals surface area contributed by atoms with Gasteiger partial charge in [-0.25, -0.2) is 0 Å². The van der Waals surface area contributed by atoms with Crippen LogP contribution in [0.2, 0.25) is 0 Å². The van der Waals surface area contributed by atoms with Gasteiger partial charge in [0.05, 0.1) is 5.52 Å². The van der Waals surface area contributed by atoms with Crippen molar-refractivity contribution >= 4 is 44.3 Å². The Kier molecular flexibility index (Phi) is 1.25. The molecule has 0 unspecified atom stereocenters. The quantitative estimate of drug-likeness (QED) is 0.530. The largest absolute Gasteiger partial charge is 0.255 e. The molecule has 0 aliphatic carbocycles. The lowest BCUT2D eigenvalue weighted by atomic mass is 10.2. The normalized spacial score (nSPS) is 11.3. The van der Waals surface area contributed by atoms with Gasteiger partial charge in [0, 0.05) is 38.5 Å². The highest BCUT2D eigenvalue weighted by atomic mass is 32.1. The summed E-state index contributed by atoms with van der Waals surface area (Å²) in [5, 5.41) is 12.5. The Morgan fingerprint density at radius 3 is 2.75 bits per heavy atom. The van der Waals surface area contributed by atoms with Crippen LogP contribution in [-0.2, 0) is 0 Å². The second-order valence-corrected chi connectivity index (χ2v) is 4.16. The summed E-state index contributed by atoms with van der Waals surface area (Å²) in [6, 6.07) is 0. The molecule has 0 radical (unpaired) electrons. The highest BCUT2D eigenvalue weighted by molar-refractivity contribution is 7.10. The molecule has 0 spiro atoms. The van der Waals surface area contributed by atoms with Crippen LogP contribution in [0.1, 0.15) is 0 Å². The second kappa shape index (κ2) is 2.28. The van der Waals surface area contributed by atoms with E-state index in [2.05, 4.69) is 26.5 Å². The predicted octanol–water partition coefficient (Wildman–Crippen LogP) is 3.51. The van der Waals surface area contributed by atoms with E-state index >= 15 is 0 Å². The van der Waals surface area contributed by atoms with Crippen LogP contribution in [0.25, 0.3) is 21.7 Å². The molecule has 0 amide bonds. The number of hydrogen-bond donors (Lipinski definition) is 0. The van der Waals surface area contributed by atoms with Gasteiger partial charge >= 0.3 is 0 Å². The summed E-state index contributed by atoms with van der Waals surface area (Å²) in [5.41, 5.74) is 1.12. The van der Waals surface area contributed by atoms with Crippen molar-refractivity contribution in [2.45, 2.75) is 0 Å². The van der Waals surface area contributed by atoms with Crippen molar-refractivity contribution in [2.24, 2.45) is 0 Å². The highest BCUT2D eigenvalue weighted by Gasteiger charge is 2.01. The van der Waals surface area contributed by atoms with E-state index < -0.39 is 0 Å². The molecule has 0 aliphatic rings. The van der Waals surface area contributed by atoms with Gasteiger partial charge in [0.25, 0.3) is 0 Å². The van der Waals surface area contributed by atoms with Gasteiger partial charge in [-0.1, -0.05) is 0 Å². The first kappa shape index (κ1) is 6.57. The maximum atomic E-state index is 4.36. The molecule has 0 saturated heterocycles. The molecular formula is C9H5NS2. The standard InChI is InChI=1S/C9H5NS2/c1-6-2-11-3-7(6)8-4-12-5-9(8)10-1/h1-5H. The SMILES string of the molecule is c1nc2cscc2c2cscc12. The molecule has 3 heterocycles. The molecule has 3 rings (SSSR count). The number of aromatic nitrogens is 1. The number of hydrogen-bond acceptors (Lipinski definition) is 3. The van der Waals surface area contributed by atoms with Crippen molar-refractivity contribution in [2.75, 3.05) is 0 Å². The molecule has 3 aromatic rings. The van der Waals surface area contributed by atoms with Gasteiger partial charge in [0.2, 0.25) is 0 Å². The second-order valence-electron chi connectivity index (χ2n) is 2.67. The third-order valence-corrected chi connectivity index (χ3v) is 3.46. The zero-order valence-electron chi connectivity index (χ0n) is 6.15. The lowest BCUT2D eigenvalue weighted by Crippen LogP contribution is -1.71. The van der Waals surface area contributed by atoms with E-state index in [1.165, 1.54) is 16.2 Å². The van der Waals surface area contributed by atoms with Gasteiger partial charge in [0.15, 0.2) is 0 Å². The topological polar surface area (TPSA) is 12.9 Å². The smallest absolute Gasteiger partial charge is 0.0815 e. The Bertz CT molecular complexity index is 486. The minimum atomic E-state index is 1.12. The summed E-state index contributed by atoms with van der Waals surface area (Å²) in [7, 11) is 0. The summed E-state index contributed by atoms with van der Waals surface area (Å²) >= 11 is 3.45. The number of thiophene rings is 2. The number of fused-ring (bicyclic) bond motifs is 3. The minimum absolute atomic E-state index is 1.12. The Hall–Kier alpha value is -0.930. The first-order valence-electron chi connectivity index (χ1n) is 3.62. The van der Waals surface area contributed by atoms with E-state index in [0.29, 0.717) is 0 Å². The van der Waals surface area contributed by atoms with Gasteiger partial charge in [-0.05, 0) is 5.38 Å². The first-order chi connectivity index (χ1) is 5.95. The molecule has 0 atom stereocenters. The van der Waals surface area contributed by atoms with E-state index in [1.54, 1.807) is 22.7 Å². The van der Waals surface area contributed by atoms with Crippen molar-refractivity contribution in [3.05, 3.63) is 27.7 Å². The van der Waals surface area contributed by atoms with Gasteiger partial charge < -0.3 is 0 Å². The van der Waals surface area contributed by atoms with Crippen LogP contribution in [0.3, 0.4) is 0 Å². The molecule has 0 N–H and O–H groups in total. The molecule has 0 aromatic carbocycles. The fourth-order valence-electron chi connectivity index (χ4n) is 1.36. The van der Waals surface area contributed by atoms with Crippen LogP contribution in [0.15, 0.2) is 27.7 Å². The van der Waals surface area contributed by atoms with Crippen LogP contribution in [0.4, 0.5) is 0 Å².